The Labute approximate surface area is 126 Å². The number of likely N-dealkylation sites (tertiary alicyclic amines) is 1. The van der Waals surface area contributed by atoms with Crippen molar-refractivity contribution in [3.8, 4) is 0 Å². The number of carbonyl (C=O) groups excluding carboxylic acids is 1. The van der Waals surface area contributed by atoms with E-state index in [-0.39, 0.29) is 11.9 Å². The van der Waals surface area contributed by atoms with Crippen LogP contribution in [0.5, 0.6) is 0 Å². The molecule has 1 aliphatic rings. The number of hydrogen-bond donors (Lipinski definition) is 1. The molecule has 1 saturated heterocycles. The first-order chi connectivity index (χ1) is 9.59. The van der Waals surface area contributed by atoms with Crippen LogP contribution in [0, 0.1) is 6.92 Å². The average Bonchev–Trinajstić information content (AvgIpc) is 2.72. The van der Waals surface area contributed by atoms with Gasteiger partial charge in [-0.25, -0.2) is 0 Å². The molecule has 1 atom stereocenters. The molecule has 0 aliphatic carbocycles. The van der Waals surface area contributed by atoms with Gasteiger partial charge in [-0.15, -0.1) is 0 Å². The number of anilines is 1. The van der Waals surface area contributed by atoms with E-state index in [4.69, 9.17) is 11.6 Å². The Morgan fingerprint density at radius 1 is 1.25 bits per heavy atom. The first-order valence-corrected chi connectivity index (χ1v) is 7.77. The first-order valence-electron chi connectivity index (χ1n) is 7.39. The molecule has 0 spiro atoms. The number of rotatable bonds is 3. The quantitative estimate of drug-likeness (QED) is 0.918. The maximum Gasteiger partial charge on any atom is 0.241 e. The van der Waals surface area contributed by atoms with Crippen LogP contribution in [0.3, 0.4) is 0 Å². The zero-order chi connectivity index (χ0) is 14.5. The van der Waals surface area contributed by atoms with Gasteiger partial charge in [0.1, 0.15) is 0 Å². The molecule has 1 N–H and O–H groups in total. The molecule has 0 radical (unpaired) electrons. The van der Waals surface area contributed by atoms with Crippen molar-refractivity contribution >= 4 is 23.2 Å². The summed E-state index contributed by atoms with van der Waals surface area (Å²) >= 11 is 6.09. The number of benzene rings is 1. The number of hydrogen-bond acceptors (Lipinski definition) is 2. The third-order valence-electron chi connectivity index (χ3n) is 4.09. The lowest BCUT2D eigenvalue weighted by Gasteiger charge is -2.26. The van der Waals surface area contributed by atoms with Gasteiger partial charge in [0.2, 0.25) is 5.91 Å². The van der Waals surface area contributed by atoms with Gasteiger partial charge in [-0.05, 0) is 57.5 Å². The van der Waals surface area contributed by atoms with E-state index in [1.54, 1.807) is 0 Å². The molecule has 0 aromatic heterocycles. The monoisotopic (exact) mass is 294 g/mol. The van der Waals surface area contributed by atoms with Crippen molar-refractivity contribution in [2.45, 2.75) is 45.6 Å². The zero-order valence-electron chi connectivity index (χ0n) is 12.3. The van der Waals surface area contributed by atoms with Crippen LogP contribution in [0.25, 0.3) is 0 Å². The fourth-order valence-electron chi connectivity index (χ4n) is 2.63. The Morgan fingerprint density at radius 3 is 2.55 bits per heavy atom. The number of amides is 1. The van der Waals surface area contributed by atoms with Gasteiger partial charge in [0, 0.05) is 10.7 Å². The normalized spacial score (nSPS) is 18.4. The summed E-state index contributed by atoms with van der Waals surface area (Å²) < 4.78 is 0. The second-order valence-corrected chi connectivity index (χ2v) is 5.94. The van der Waals surface area contributed by atoms with Gasteiger partial charge in [-0.3, -0.25) is 9.69 Å². The first kappa shape index (κ1) is 15.3. The molecule has 1 aromatic carbocycles. The molecule has 2 rings (SSSR count). The summed E-state index contributed by atoms with van der Waals surface area (Å²) in [5, 5.41) is 3.69. The van der Waals surface area contributed by atoms with E-state index >= 15 is 0 Å². The highest BCUT2D eigenvalue weighted by Gasteiger charge is 2.22. The van der Waals surface area contributed by atoms with E-state index in [0.717, 1.165) is 24.3 Å². The standard InChI is InChI=1S/C16H23ClN2O/c1-12-14(17)8-7-9-15(12)18-16(20)13(2)19-10-5-3-4-6-11-19/h7-9,13H,3-6,10-11H2,1-2H3,(H,18,20)/t13-/m0/s1. The summed E-state index contributed by atoms with van der Waals surface area (Å²) in [5.41, 5.74) is 1.73. The number of carbonyl (C=O) groups is 1. The maximum atomic E-state index is 12.4. The molecule has 0 bridgehead atoms. The van der Waals surface area contributed by atoms with Crippen LogP contribution >= 0.6 is 11.6 Å². The number of nitrogens with zero attached hydrogens (tertiary/aromatic N) is 1. The molecule has 1 heterocycles. The van der Waals surface area contributed by atoms with E-state index in [1.807, 2.05) is 32.0 Å². The Morgan fingerprint density at radius 2 is 1.90 bits per heavy atom. The van der Waals surface area contributed by atoms with E-state index < -0.39 is 0 Å². The highest BCUT2D eigenvalue weighted by atomic mass is 35.5. The molecule has 0 unspecified atom stereocenters. The van der Waals surface area contributed by atoms with Crippen LogP contribution in [-0.2, 0) is 4.79 Å². The second kappa shape index (κ2) is 7.09. The van der Waals surface area contributed by atoms with Crippen LogP contribution < -0.4 is 5.32 Å². The van der Waals surface area contributed by atoms with E-state index in [0.29, 0.717) is 5.02 Å². The van der Waals surface area contributed by atoms with Crippen molar-refractivity contribution in [2.75, 3.05) is 18.4 Å². The predicted molar refractivity (Wildman–Crippen MR) is 84.3 cm³/mol. The van der Waals surface area contributed by atoms with Crippen LogP contribution in [0.1, 0.15) is 38.2 Å². The fraction of sp³-hybridized carbons (Fsp3) is 0.562. The van der Waals surface area contributed by atoms with Crippen molar-refractivity contribution < 1.29 is 4.79 Å². The fourth-order valence-corrected chi connectivity index (χ4v) is 2.80. The summed E-state index contributed by atoms with van der Waals surface area (Å²) in [6, 6.07) is 5.51. The summed E-state index contributed by atoms with van der Waals surface area (Å²) in [6.07, 6.45) is 4.93. The molecule has 20 heavy (non-hydrogen) atoms. The van der Waals surface area contributed by atoms with Crippen LogP contribution in [0.2, 0.25) is 5.02 Å². The third kappa shape index (κ3) is 3.74. The Kier molecular flexibility index (Phi) is 5.44. The predicted octanol–water partition coefficient (Wildman–Crippen LogP) is 3.85. The number of halogens is 1. The summed E-state index contributed by atoms with van der Waals surface area (Å²) in [7, 11) is 0. The SMILES string of the molecule is Cc1c(Cl)cccc1NC(=O)[C@H](C)N1CCCCCC1. The van der Waals surface area contributed by atoms with Crippen molar-refractivity contribution in [2.24, 2.45) is 0 Å². The third-order valence-corrected chi connectivity index (χ3v) is 4.50. The number of nitrogens with one attached hydrogen (secondary N) is 1. The van der Waals surface area contributed by atoms with Crippen molar-refractivity contribution in [3.63, 3.8) is 0 Å². The summed E-state index contributed by atoms with van der Waals surface area (Å²) in [5.74, 6) is 0.0530. The molecule has 4 heteroatoms. The van der Waals surface area contributed by atoms with E-state index in [1.165, 1.54) is 25.7 Å². The minimum atomic E-state index is -0.0912. The highest BCUT2D eigenvalue weighted by Crippen LogP contribution is 2.23. The van der Waals surface area contributed by atoms with Gasteiger partial charge in [0.15, 0.2) is 0 Å². The molecule has 1 fully saturated rings. The molecule has 1 amide bonds. The van der Waals surface area contributed by atoms with Crippen molar-refractivity contribution in [1.82, 2.24) is 4.90 Å². The van der Waals surface area contributed by atoms with E-state index in [9.17, 15) is 4.79 Å². The highest BCUT2D eigenvalue weighted by molar-refractivity contribution is 6.31. The molecule has 1 aliphatic heterocycles. The summed E-state index contributed by atoms with van der Waals surface area (Å²) in [6.45, 7) is 5.95. The smallest absolute Gasteiger partial charge is 0.241 e. The second-order valence-electron chi connectivity index (χ2n) is 5.53. The molecule has 1 aromatic rings. The van der Waals surface area contributed by atoms with Crippen LogP contribution in [0.4, 0.5) is 5.69 Å². The van der Waals surface area contributed by atoms with Gasteiger partial charge < -0.3 is 5.32 Å². The Hall–Kier alpha value is -1.06. The van der Waals surface area contributed by atoms with Crippen LogP contribution in [-0.4, -0.2) is 29.9 Å². The van der Waals surface area contributed by atoms with E-state index in [2.05, 4.69) is 10.2 Å². The molecule has 0 saturated carbocycles. The van der Waals surface area contributed by atoms with Gasteiger partial charge in [-0.1, -0.05) is 30.5 Å². The minimum absolute atomic E-state index is 0.0530. The minimum Gasteiger partial charge on any atom is -0.324 e. The van der Waals surface area contributed by atoms with Gasteiger partial charge >= 0.3 is 0 Å². The molecule has 3 nitrogen and oxygen atoms in total. The summed E-state index contributed by atoms with van der Waals surface area (Å²) in [4.78, 5) is 14.7. The molecular formula is C16H23ClN2O. The maximum absolute atomic E-state index is 12.4. The lowest BCUT2D eigenvalue weighted by Crippen LogP contribution is -2.42. The topological polar surface area (TPSA) is 32.3 Å². The van der Waals surface area contributed by atoms with Crippen LogP contribution in [0.15, 0.2) is 18.2 Å². The van der Waals surface area contributed by atoms with Gasteiger partial charge in [0.25, 0.3) is 0 Å². The Balaban J connectivity index is 2.01. The lowest BCUT2D eigenvalue weighted by atomic mass is 10.2. The lowest BCUT2D eigenvalue weighted by molar-refractivity contribution is -0.120. The average molecular weight is 295 g/mol. The van der Waals surface area contributed by atoms with Crippen molar-refractivity contribution in [3.05, 3.63) is 28.8 Å². The molecule has 110 valence electrons. The molecular weight excluding hydrogens is 272 g/mol. The Bertz CT molecular complexity index is 468. The largest absolute Gasteiger partial charge is 0.324 e. The van der Waals surface area contributed by atoms with Gasteiger partial charge in [-0.2, -0.15) is 0 Å². The van der Waals surface area contributed by atoms with Gasteiger partial charge in [0.05, 0.1) is 6.04 Å². The zero-order valence-corrected chi connectivity index (χ0v) is 13.0. The van der Waals surface area contributed by atoms with Crippen molar-refractivity contribution in [1.29, 1.82) is 0 Å².